The number of rotatable bonds is 6. The fraction of sp³-hybridized carbons (Fsp3) is 0.0588. The lowest BCUT2D eigenvalue weighted by Gasteiger charge is -2.09. The minimum absolute atomic E-state index is 0.00200. The first kappa shape index (κ1) is 21.8. The Hall–Kier alpha value is -1.91. The third-order valence-corrected chi connectivity index (χ3v) is 6.89. The van der Waals surface area contributed by atoms with Crippen molar-refractivity contribution in [1.82, 2.24) is 10.3 Å². The molecule has 1 amide bonds. The lowest BCUT2D eigenvalue weighted by Crippen LogP contribution is -2.23. The highest BCUT2D eigenvalue weighted by Crippen LogP contribution is 2.26. The van der Waals surface area contributed by atoms with E-state index in [4.69, 9.17) is 34.8 Å². The Balaban J connectivity index is 1.72. The van der Waals surface area contributed by atoms with Gasteiger partial charge in [0.15, 0.2) is 5.13 Å². The third-order valence-electron chi connectivity index (χ3n) is 3.62. The molecule has 0 radical (unpaired) electrons. The van der Waals surface area contributed by atoms with Crippen LogP contribution in [0.2, 0.25) is 14.4 Å². The molecule has 3 rings (SSSR count). The molecule has 0 saturated heterocycles. The van der Waals surface area contributed by atoms with Crippen LogP contribution >= 0.6 is 46.1 Å². The largest absolute Gasteiger partial charge is 0.348 e. The number of nitrogens with one attached hydrogen (secondary N) is 2. The number of anilines is 1. The molecule has 6 nitrogen and oxygen atoms in total. The van der Waals surface area contributed by atoms with Crippen LogP contribution in [0, 0.1) is 5.82 Å². The molecule has 29 heavy (non-hydrogen) atoms. The minimum atomic E-state index is -4.23. The number of nitrogens with zero attached hydrogens (tertiary/aromatic N) is 1. The van der Waals surface area contributed by atoms with Crippen LogP contribution in [-0.4, -0.2) is 19.3 Å². The van der Waals surface area contributed by atoms with Gasteiger partial charge in [0.2, 0.25) is 0 Å². The van der Waals surface area contributed by atoms with Crippen molar-refractivity contribution in [3.8, 4) is 0 Å². The third kappa shape index (κ3) is 5.37. The van der Waals surface area contributed by atoms with Gasteiger partial charge in [-0.1, -0.05) is 52.2 Å². The molecule has 0 atom stereocenters. The molecule has 12 heteroatoms. The van der Waals surface area contributed by atoms with Crippen LogP contribution in [0.5, 0.6) is 0 Å². The van der Waals surface area contributed by atoms with E-state index in [2.05, 4.69) is 15.0 Å². The van der Waals surface area contributed by atoms with Crippen LogP contribution in [0.1, 0.15) is 15.9 Å². The van der Waals surface area contributed by atoms with Crippen LogP contribution in [0.4, 0.5) is 9.52 Å². The summed E-state index contributed by atoms with van der Waals surface area (Å²) in [5.41, 5.74) is 0.650. The van der Waals surface area contributed by atoms with Crippen molar-refractivity contribution < 1.29 is 17.6 Å². The van der Waals surface area contributed by atoms with Crippen molar-refractivity contribution >= 4 is 67.2 Å². The zero-order chi connectivity index (χ0) is 21.2. The number of thiazole rings is 1. The average molecular weight is 495 g/mol. The van der Waals surface area contributed by atoms with Crippen LogP contribution < -0.4 is 10.0 Å². The molecule has 3 aromatic rings. The summed E-state index contributed by atoms with van der Waals surface area (Å²) in [5.74, 6) is -1.67. The molecule has 0 unspecified atom stereocenters. The Labute approximate surface area is 184 Å². The Morgan fingerprint density at radius 3 is 2.48 bits per heavy atom. The highest BCUT2D eigenvalue weighted by Gasteiger charge is 2.22. The Morgan fingerprint density at radius 1 is 1.10 bits per heavy atom. The molecule has 152 valence electrons. The van der Waals surface area contributed by atoms with Gasteiger partial charge in [0.25, 0.3) is 15.9 Å². The van der Waals surface area contributed by atoms with Gasteiger partial charge in [0.1, 0.15) is 15.0 Å². The second kappa shape index (κ2) is 8.85. The minimum Gasteiger partial charge on any atom is -0.348 e. The zero-order valence-electron chi connectivity index (χ0n) is 14.2. The van der Waals surface area contributed by atoms with Crippen molar-refractivity contribution in [2.45, 2.75) is 11.4 Å². The van der Waals surface area contributed by atoms with Crippen molar-refractivity contribution in [3.05, 3.63) is 73.9 Å². The molecule has 0 bridgehead atoms. The predicted octanol–water partition coefficient (Wildman–Crippen LogP) is 4.97. The van der Waals surface area contributed by atoms with Gasteiger partial charge in [-0.15, -0.1) is 0 Å². The second-order valence-electron chi connectivity index (χ2n) is 5.65. The van der Waals surface area contributed by atoms with Gasteiger partial charge >= 0.3 is 0 Å². The highest BCUT2D eigenvalue weighted by atomic mass is 35.5. The van der Waals surface area contributed by atoms with Gasteiger partial charge < -0.3 is 5.32 Å². The van der Waals surface area contributed by atoms with E-state index in [0.717, 1.165) is 23.5 Å². The fourth-order valence-corrected chi connectivity index (χ4v) is 4.70. The Morgan fingerprint density at radius 2 is 1.86 bits per heavy atom. The number of halogens is 4. The number of aromatic nitrogens is 1. The van der Waals surface area contributed by atoms with Gasteiger partial charge in [0, 0.05) is 12.1 Å². The van der Waals surface area contributed by atoms with Gasteiger partial charge in [-0.2, -0.15) is 0 Å². The molecule has 0 saturated carbocycles. The first-order valence-electron chi connectivity index (χ1n) is 7.81. The molecule has 2 aromatic carbocycles. The first-order chi connectivity index (χ1) is 13.7. The smallest absolute Gasteiger partial charge is 0.266 e. The summed E-state index contributed by atoms with van der Waals surface area (Å²) < 4.78 is 41.5. The quantitative estimate of drug-likeness (QED) is 0.506. The van der Waals surface area contributed by atoms with Crippen molar-refractivity contribution in [1.29, 1.82) is 0 Å². The van der Waals surface area contributed by atoms with E-state index in [1.807, 2.05) is 0 Å². The van der Waals surface area contributed by atoms with E-state index in [1.165, 1.54) is 12.3 Å². The molecule has 0 aliphatic rings. The topological polar surface area (TPSA) is 88.2 Å². The van der Waals surface area contributed by atoms with Crippen molar-refractivity contribution in [3.63, 3.8) is 0 Å². The second-order valence-corrected chi connectivity index (χ2v) is 9.78. The van der Waals surface area contributed by atoms with Gasteiger partial charge in [-0.25, -0.2) is 17.8 Å². The van der Waals surface area contributed by atoms with Crippen molar-refractivity contribution in [2.75, 3.05) is 4.72 Å². The standard InChI is InChI=1S/C17H11Cl3FN3O3S2/c18-11-3-1-9(5-12(11)19)7-22-16(25)10-2-4-14(13(21)6-10)29(26,27)24-17-23-8-15(20)28-17/h1-6,8H,7H2,(H,22,25)(H,23,24). The number of carbonyl (C=O) groups excluding carboxylic acids is 1. The molecule has 2 N–H and O–H groups in total. The molecular formula is C17H11Cl3FN3O3S2. The number of hydrogen-bond donors (Lipinski definition) is 2. The number of amides is 1. The van der Waals surface area contributed by atoms with E-state index < -0.39 is 26.6 Å². The summed E-state index contributed by atoms with van der Waals surface area (Å²) >= 11 is 18.3. The molecule has 0 aliphatic heterocycles. The van der Waals surface area contributed by atoms with E-state index in [1.54, 1.807) is 18.2 Å². The maximum Gasteiger partial charge on any atom is 0.266 e. The number of carbonyl (C=O) groups is 1. The number of benzene rings is 2. The van der Waals surface area contributed by atoms with Crippen molar-refractivity contribution in [2.24, 2.45) is 0 Å². The van der Waals surface area contributed by atoms with Crippen LogP contribution in [0.3, 0.4) is 0 Å². The summed E-state index contributed by atoms with van der Waals surface area (Å²) in [5, 5.41) is 3.32. The number of sulfonamides is 1. The van der Waals surface area contributed by atoms with Gasteiger partial charge in [-0.3, -0.25) is 9.52 Å². The molecule has 0 aliphatic carbocycles. The summed E-state index contributed by atoms with van der Waals surface area (Å²) in [6, 6.07) is 7.91. The summed E-state index contributed by atoms with van der Waals surface area (Å²) in [4.78, 5) is 15.4. The van der Waals surface area contributed by atoms with E-state index >= 15 is 0 Å². The van der Waals surface area contributed by atoms with E-state index in [0.29, 0.717) is 15.6 Å². The Bertz CT molecular complexity index is 1190. The molecule has 0 fully saturated rings. The van der Waals surface area contributed by atoms with Crippen LogP contribution in [0.25, 0.3) is 0 Å². The average Bonchev–Trinajstić information content (AvgIpc) is 3.06. The summed E-state index contributed by atoms with van der Waals surface area (Å²) in [7, 11) is -4.23. The normalized spacial score (nSPS) is 11.3. The Kier molecular flexibility index (Phi) is 6.65. The first-order valence-corrected chi connectivity index (χ1v) is 11.2. The lowest BCUT2D eigenvalue weighted by atomic mass is 10.2. The maximum atomic E-state index is 14.4. The SMILES string of the molecule is O=C(NCc1ccc(Cl)c(Cl)c1)c1ccc(S(=O)(=O)Nc2ncc(Cl)s2)c(F)c1. The van der Waals surface area contributed by atoms with E-state index in [-0.39, 0.29) is 21.6 Å². The maximum absolute atomic E-state index is 14.4. The number of hydrogen-bond acceptors (Lipinski definition) is 5. The lowest BCUT2D eigenvalue weighted by molar-refractivity contribution is 0.0950. The predicted molar refractivity (Wildman–Crippen MR) is 112 cm³/mol. The molecule has 1 heterocycles. The van der Waals surface area contributed by atoms with Crippen LogP contribution in [0.15, 0.2) is 47.5 Å². The monoisotopic (exact) mass is 493 g/mol. The van der Waals surface area contributed by atoms with Gasteiger partial charge in [0.05, 0.1) is 16.2 Å². The molecule has 0 spiro atoms. The van der Waals surface area contributed by atoms with Crippen LogP contribution in [-0.2, 0) is 16.6 Å². The summed E-state index contributed by atoms with van der Waals surface area (Å²) in [6.45, 7) is 0.129. The van der Waals surface area contributed by atoms with Gasteiger partial charge in [-0.05, 0) is 35.9 Å². The fourth-order valence-electron chi connectivity index (χ4n) is 2.27. The summed E-state index contributed by atoms with van der Waals surface area (Å²) in [6.07, 6.45) is 1.27. The van der Waals surface area contributed by atoms with E-state index in [9.17, 15) is 17.6 Å². The molecular weight excluding hydrogens is 484 g/mol. The highest BCUT2D eigenvalue weighted by molar-refractivity contribution is 7.93. The zero-order valence-corrected chi connectivity index (χ0v) is 18.1. The molecule has 1 aromatic heterocycles.